The van der Waals surface area contributed by atoms with Gasteiger partial charge in [-0.2, -0.15) is 0 Å². The Morgan fingerprint density at radius 3 is 2.20 bits per heavy atom. The van der Waals surface area contributed by atoms with Crippen molar-refractivity contribution in [2.24, 2.45) is 0 Å². The summed E-state index contributed by atoms with van der Waals surface area (Å²) in [6, 6.07) is 29.8. The van der Waals surface area contributed by atoms with E-state index in [1.54, 1.807) is 12.1 Å². The van der Waals surface area contributed by atoms with E-state index in [0.717, 1.165) is 22.0 Å². The zero-order valence-electron chi connectivity index (χ0n) is 16.1. The van der Waals surface area contributed by atoms with Crippen molar-refractivity contribution in [3.05, 3.63) is 108 Å². The Morgan fingerprint density at radius 1 is 0.767 bits per heavy atom. The molecule has 1 atom stereocenters. The van der Waals surface area contributed by atoms with Gasteiger partial charge >= 0.3 is 0 Å². The second-order valence-electron chi connectivity index (χ2n) is 6.94. The van der Waals surface area contributed by atoms with Crippen LogP contribution in [-0.2, 0) is 10.0 Å². The van der Waals surface area contributed by atoms with E-state index in [9.17, 15) is 8.42 Å². The summed E-state index contributed by atoms with van der Waals surface area (Å²) in [5.41, 5.74) is 1.94. The van der Waals surface area contributed by atoms with Gasteiger partial charge in [-0.3, -0.25) is 0 Å². The number of hydrogen-bond donors (Lipinski definition) is 2. The van der Waals surface area contributed by atoms with Gasteiger partial charge in [-0.25, -0.2) is 13.1 Å². The molecule has 30 heavy (non-hydrogen) atoms. The van der Waals surface area contributed by atoms with E-state index in [1.807, 2.05) is 54.6 Å². The lowest BCUT2D eigenvalue weighted by Crippen LogP contribution is -2.31. The van der Waals surface area contributed by atoms with Gasteiger partial charge in [0.25, 0.3) is 0 Å². The van der Waals surface area contributed by atoms with Gasteiger partial charge < -0.3 is 5.32 Å². The van der Waals surface area contributed by atoms with Crippen molar-refractivity contribution in [3.63, 3.8) is 0 Å². The SMILES string of the molecule is O=S(=O)(NC[C@@H](Nc1cccc2ccccc12)c1ccccc1)c1ccc(Cl)cc1. The highest BCUT2D eigenvalue weighted by Gasteiger charge is 2.19. The Labute approximate surface area is 181 Å². The fourth-order valence-electron chi connectivity index (χ4n) is 3.37. The van der Waals surface area contributed by atoms with Crippen LogP contribution in [0.1, 0.15) is 11.6 Å². The molecular weight excluding hydrogens is 416 g/mol. The summed E-state index contributed by atoms with van der Waals surface area (Å²) in [6.07, 6.45) is 0. The summed E-state index contributed by atoms with van der Waals surface area (Å²) < 4.78 is 28.3. The van der Waals surface area contributed by atoms with E-state index in [-0.39, 0.29) is 17.5 Å². The number of benzene rings is 4. The highest BCUT2D eigenvalue weighted by Crippen LogP contribution is 2.27. The number of sulfonamides is 1. The summed E-state index contributed by atoms with van der Waals surface area (Å²) in [7, 11) is -3.66. The first-order valence-corrected chi connectivity index (χ1v) is 11.4. The molecule has 0 amide bonds. The molecule has 152 valence electrons. The van der Waals surface area contributed by atoms with E-state index >= 15 is 0 Å². The molecule has 0 radical (unpaired) electrons. The maximum absolute atomic E-state index is 12.8. The first-order chi connectivity index (χ1) is 14.5. The Bertz CT molecular complexity index is 1240. The average molecular weight is 437 g/mol. The summed E-state index contributed by atoms with van der Waals surface area (Å²) in [5, 5.41) is 6.22. The van der Waals surface area contributed by atoms with E-state index in [1.165, 1.54) is 12.1 Å². The van der Waals surface area contributed by atoms with E-state index in [2.05, 4.69) is 28.2 Å². The summed E-state index contributed by atoms with van der Waals surface area (Å²) in [4.78, 5) is 0.184. The van der Waals surface area contributed by atoms with Crippen LogP contribution in [0.2, 0.25) is 5.02 Å². The topological polar surface area (TPSA) is 58.2 Å². The Hall–Kier alpha value is -2.86. The molecule has 0 saturated heterocycles. The van der Waals surface area contributed by atoms with Gasteiger partial charge in [-0.05, 0) is 41.3 Å². The van der Waals surface area contributed by atoms with Gasteiger partial charge in [0.15, 0.2) is 0 Å². The molecule has 4 nitrogen and oxygen atoms in total. The zero-order valence-corrected chi connectivity index (χ0v) is 17.7. The second kappa shape index (κ2) is 8.88. The van der Waals surface area contributed by atoms with Gasteiger partial charge in [0.1, 0.15) is 0 Å². The molecule has 4 rings (SSSR count). The lowest BCUT2D eigenvalue weighted by atomic mass is 10.0. The molecule has 0 aliphatic heterocycles. The third kappa shape index (κ3) is 4.65. The van der Waals surface area contributed by atoms with Crippen LogP contribution in [0.15, 0.2) is 102 Å². The first kappa shape index (κ1) is 20.4. The van der Waals surface area contributed by atoms with Crippen LogP contribution in [0.3, 0.4) is 0 Å². The average Bonchev–Trinajstić information content (AvgIpc) is 2.77. The maximum Gasteiger partial charge on any atom is 0.240 e. The minimum Gasteiger partial charge on any atom is -0.376 e. The van der Waals surface area contributed by atoms with Gasteiger partial charge in [-0.15, -0.1) is 0 Å². The lowest BCUT2D eigenvalue weighted by Gasteiger charge is -2.22. The first-order valence-electron chi connectivity index (χ1n) is 9.57. The van der Waals surface area contributed by atoms with Gasteiger partial charge in [0, 0.05) is 22.6 Å². The maximum atomic E-state index is 12.8. The molecule has 0 aliphatic carbocycles. The number of halogens is 1. The number of nitrogens with one attached hydrogen (secondary N) is 2. The highest BCUT2D eigenvalue weighted by molar-refractivity contribution is 7.89. The van der Waals surface area contributed by atoms with Gasteiger partial charge in [-0.1, -0.05) is 78.3 Å². The molecule has 2 N–H and O–H groups in total. The molecule has 0 aliphatic rings. The zero-order chi connectivity index (χ0) is 21.0. The second-order valence-corrected chi connectivity index (χ2v) is 9.14. The minimum absolute atomic E-state index is 0.184. The monoisotopic (exact) mass is 436 g/mol. The lowest BCUT2D eigenvalue weighted by molar-refractivity contribution is 0.576. The number of fused-ring (bicyclic) bond motifs is 1. The number of rotatable bonds is 7. The molecule has 0 aromatic heterocycles. The number of anilines is 1. The molecule has 4 aromatic rings. The normalized spacial score (nSPS) is 12.6. The van der Waals surface area contributed by atoms with Gasteiger partial charge in [0.05, 0.1) is 10.9 Å². The van der Waals surface area contributed by atoms with Crippen molar-refractivity contribution >= 4 is 38.1 Å². The molecule has 6 heteroatoms. The van der Waals surface area contributed by atoms with Crippen LogP contribution in [0.5, 0.6) is 0 Å². The van der Waals surface area contributed by atoms with Crippen molar-refractivity contribution in [2.75, 3.05) is 11.9 Å². The molecular formula is C24H21ClN2O2S. The number of hydrogen-bond acceptors (Lipinski definition) is 3. The van der Waals surface area contributed by atoms with Crippen molar-refractivity contribution in [1.82, 2.24) is 4.72 Å². The standard InChI is InChI=1S/C24H21ClN2O2S/c25-20-13-15-21(16-14-20)30(28,29)26-17-24(19-8-2-1-3-9-19)27-23-12-6-10-18-7-4-5-11-22(18)23/h1-16,24,26-27H,17H2/t24-/m1/s1. The predicted octanol–water partition coefficient (Wildman–Crippen LogP) is 5.62. The molecule has 0 spiro atoms. The molecule has 0 saturated carbocycles. The summed E-state index contributed by atoms with van der Waals surface area (Å²) in [5.74, 6) is 0. The minimum atomic E-state index is -3.66. The fraction of sp³-hybridized carbons (Fsp3) is 0.0833. The Kier molecular flexibility index (Phi) is 6.04. The molecule has 0 unspecified atom stereocenters. The van der Waals surface area contributed by atoms with Crippen molar-refractivity contribution < 1.29 is 8.42 Å². The third-order valence-electron chi connectivity index (χ3n) is 4.92. The quantitative estimate of drug-likeness (QED) is 0.395. The van der Waals surface area contributed by atoms with Crippen LogP contribution in [0.4, 0.5) is 5.69 Å². The van der Waals surface area contributed by atoms with Crippen LogP contribution in [-0.4, -0.2) is 15.0 Å². The van der Waals surface area contributed by atoms with Crippen LogP contribution < -0.4 is 10.0 Å². The highest BCUT2D eigenvalue weighted by atomic mass is 35.5. The van der Waals surface area contributed by atoms with Gasteiger partial charge in [0.2, 0.25) is 10.0 Å². The van der Waals surface area contributed by atoms with Crippen molar-refractivity contribution in [3.8, 4) is 0 Å². The van der Waals surface area contributed by atoms with E-state index in [0.29, 0.717) is 5.02 Å². The Morgan fingerprint density at radius 2 is 1.43 bits per heavy atom. The third-order valence-corrected chi connectivity index (χ3v) is 6.61. The molecule has 0 heterocycles. The largest absolute Gasteiger partial charge is 0.376 e. The molecule has 0 fully saturated rings. The van der Waals surface area contributed by atoms with Crippen LogP contribution in [0, 0.1) is 0 Å². The smallest absolute Gasteiger partial charge is 0.240 e. The predicted molar refractivity (Wildman–Crippen MR) is 123 cm³/mol. The van der Waals surface area contributed by atoms with Crippen LogP contribution in [0.25, 0.3) is 10.8 Å². The van der Waals surface area contributed by atoms with Crippen molar-refractivity contribution in [2.45, 2.75) is 10.9 Å². The molecule has 4 aromatic carbocycles. The van der Waals surface area contributed by atoms with E-state index in [4.69, 9.17) is 11.6 Å². The Balaban J connectivity index is 1.61. The van der Waals surface area contributed by atoms with Crippen molar-refractivity contribution in [1.29, 1.82) is 0 Å². The summed E-state index contributed by atoms with van der Waals surface area (Å²) in [6.45, 7) is 0.193. The fourth-order valence-corrected chi connectivity index (χ4v) is 4.54. The van der Waals surface area contributed by atoms with Crippen LogP contribution >= 0.6 is 11.6 Å². The molecule has 0 bridgehead atoms. The van der Waals surface area contributed by atoms with E-state index < -0.39 is 10.0 Å². The summed E-state index contributed by atoms with van der Waals surface area (Å²) >= 11 is 5.88.